The molecule has 1 fully saturated rings. The van der Waals surface area contributed by atoms with Gasteiger partial charge in [0.05, 0.1) is 0 Å². The Morgan fingerprint density at radius 3 is 2.26 bits per heavy atom. The summed E-state index contributed by atoms with van der Waals surface area (Å²) in [5, 5.41) is 1.17. The van der Waals surface area contributed by atoms with Crippen molar-refractivity contribution in [2.75, 3.05) is 0 Å². The number of nitrogens with two attached hydrogens (primary N) is 1. The first-order valence-corrected chi connectivity index (χ1v) is 7.21. The van der Waals surface area contributed by atoms with E-state index >= 15 is 0 Å². The van der Waals surface area contributed by atoms with Crippen LogP contribution in [0, 0.1) is 5.92 Å². The van der Waals surface area contributed by atoms with Crippen molar-refractivity contribution in [3.05, 3.63) is 33.8 Å². The van der Waals surface area contributed by atoms with Crippen molar-refractivity contribution in [3.63, 3.8) is 0 Å². The third-order valence-electron chi connectivity index (χ3n) is 3.87. The normalized spacial score (nSPS) is 21.3. The van der Waals surface area contributed by atoms with Gasteiger partial charge in [0.1, 0.15) is 0 Å². The fourth-order valence-corrected chi connectivity index (χ4v) is 3.17. The second kappa shape index (κ2) is 5.94. The van der Waals surface area contributed by atoms with Crippen molar-refractivity contribution < 1.29 is 8.78 Å². The van der Waals surface area contributed by atoms with E-state index in [1.807, 2.05) is 0 Å². The molecule has 0 bridgehead atoms. The van der Waals surface area contributed by atoms with E-state index in [1.54, 1.807) is 18.2 Å². The van der Waals surface area contributed by atoms with E-state index in [1.165, 1.54) is 0 Å². The predicted molar refractivity (Wildman–Crippen MR) is 75.0 cm³/mol. The lowest BCUT2D eigenvalue weighted by atomic mass is 9.80. The van der Waals surface area contributed by atoms with E-state index in [0.29, 0.717) is 29.3 Å². The van der Waals surface area contributed by atoms with Gasteiger partial charge < -0.3 is 5.73 Å². The average Bonchev–Trinajstić information content (AvgIpc) is 2.33. The van der Waals surface area contributed by atoms with Crippen molar-refractivity contribution in [3.8, 4) is 0 Å². The van der Waals surface area contributed by atoms with Crippen LogP contribution in [0.2, 0.25) is 10.0 Å². The van der Waals surface area contributed by atoms with Crippen LogP contribution in [0.4, 0.5) is 8.78 Å². The fourth-order valence-electron chi connectivity index (χ4n) is 2.62. The molecule has 1 aliphatic rings. The highest BCUT2D eigenvalue weighted by Gasteiger charge is 2.36. The molecule has 0 saturated heterocycles. The van der Waals surface area contributed by atoms with E-state index in [4.69, 9.17) is 28.9 Å². The zero-order valence-electron chi connectivity index (χ0n) is 10.5. The molecular formula is C14H17Cl2F2N. The topological polar surface area (TPSA) is 26.0 Å². The van der Waals surface area contributed by atoms with Gasteiger partial charge in [-0.15, -0.1) is 0 Å². The molecule has 1 aromatic carbocycles. The van der Waals surface area contributed by atoms with Gasteiger partial charge in [-0.2, -0.15) is 0 Å². The molecule has 0 spiro atoms. The third-order valence-corrected chi connectivity index (χ3v) is 4.58. The number of hydrogen-bond donors (Lipinski definition) is 1. The van der Waals surface area contributed by atoms with E-state index in [0.717, 1.165) is 5.56 Å². The third kappa shape index (κ3) is 3.80. The van der Waals surface area contributed by atoms with Crippen LogP contribution in [-0.2, 0) is 6.42 Å². The Morgan fingerprint density at radius 1 is 1.21 bits per heavy atom. The summed E-state index contributed by atoms with van der Waals surface area (Å²) in [5.74, 6) is -2.40. The van der Waals surface area contributed by atoms with Gasteiger partial charge >= 0.3 is 0 Å². The molecule has 19 heavy (non-hydrogen) atoms. The summed E-state index contributed by atoms with van der Waals surface area (Å²) in [7, 11) is 0. The lowest BCUT2D eigenvalue weighted by Crippen LogP contribution is -2.37. The average molecular weight is 308 g/mol. The minimum atomic E-state index is -2.52. The van der Waals surface area contributed by atoms with Gasteiger partial charge in [0, 0.05) is 28.9 Å². The van der Waals surface area contributed by atoms with Gasteiger partial charge in [0.2, 0.25) is 5.92 Å². The van der Waals surface area contributed by atoms with Crippen molar-refractivity contribution >= 4 is 23.2 Å². The number of hydrogen-bond acceptors (Lipinski definition) is 1. The van der Waals surface area contributed by atoms with Crippen molar-refractivity contribution in [1.82, 2.24) is 0 Å². The number of benzene rings is 1. The molecule has 2 N–H and O–H groups in total. The van der Waals surface area contributed by atoms with Crippen molar-refractivity contribution in [2.45, 2.75) is 44.1 Å². The standard InChI is InChI=1S/C14H17Cl2F2N/c15-11-2-1-3-12(16)10(11)8-13(19)9-4-6-14(17,18)7-5-9/h1-3,9,13H,4-8,19H2. The molecule has 1 aliphatic carbocycles. The largest absolute Gasteiger partial charge is 0.327 e. The lowest BCUT2D eigenvalue weighted by Gasteiger charge is -2.32. The summed E-state index contributed by atoms with van der Waals surface area (Å²) < 4.78 is 26.2. The quantitative estimate of drug-likeness (QED) is 0.861. The Labute approximate surface area is 122 Å². The first-order chi connectivity index (χ1) is 8.89. The monoisotopic (exact) mass is 307 g/mol. The molecule has 0 aliphatic heterocycles. The van der Waals surface area contributed by atoms with Crippen LogP contribution in [-0.4, -0.2) is 12.0 Å². The van der Waals surface area contributed by atoms with Gasteiger partial charge in [-0.25, -0.2) is 8.78 Å². The summed E-state index contributed by atoms with van der Waals surface area (Å²) in [4.78, 5) is 0. The van der Waals surface area contributed by atoms with E-state index < -0.39 is 5.92 Å². The smallest absolute Gasteiger partial charge is 0.248 e. The summed E-state index contributed by atoms with van der Waals surface area (Å²) in [6.07, 6.45) is 1.34. The number of rotatable bonds is 3. The Kier molecular flexibility index (Phi) is 4.70. The second-order valence-electron chi connectivity index (χ2n) is 5.26. The van der Waals surface area contributed by atoms with E-state index in [-0.39, 0.29) is 24.8 Å². The Morgan fingerprint density at radius 2 is 1.74 bits per heavy atom. The minimum absolute atomic E-state index is 0.0678. The van der Waals surface area contributed by atoms with Gasteiger partial charge in [-0.05, 0) is 42.9 Å². The molecule has 1 aromatic rings. The van der Waals surface area contributed by atoms with Crippen LogP contribution in [0.25, 0.3) is 0 Å². The fraction of sp³-hybridized carbons (Fsp3) is 0.571. The summed E-state index contributed by atoms with van der Waals surface area (Å²) in [5.41, 5.74) is 6.96. The molecule has 1 atom stereocenters. The predicted octanol–water partition coefficient (Wildman–Crippen LogP) is 4.69. The maximum Gasteiger partial charge on any atom is 0.248 e. The highest BCUT2D eigenvalue weighted by molar-refractivity contribution is 6.36. The summed E-state index contributed by atoms with van der Waals surface area (Å²) in [6, 6.07) is 5.14. The van der Waals surface area contributed by atoms with Crippen LogP contribution < -0.4 is 5.73 Å². The maximum atomic E-state index is 13.1. The molecule has 0 heterocycles. The SMILES string of the molecule is NC(Cc1c(Cl)cccc1Cl)C1CCC(F)(F)CC1. The van der Waals surface area contributed by atoms with Gasteiger partial charge in [-0.3, -0.25) is 0 Å². The minimum Gasteiger partial charge on any atom is -0.327 e. The van der Waals surface area contributed by atoms with Crippen LogP contribution in [0.3, 0.4) is 0 Å². The molecular weight excluding hydrogens is 291 g/mol. The molecule has 5 heteroatoms. The van der Waals surface area contributed by atoms with Crippen LogP contribution in [0.5, 0.6) is 0 Å². The molecule has 0 amide bonds. The molecule has 2 rings (SSSR count). The molecule has 106 valence electrons. The molecule has 1 unspecified atom stereocenters. The maximum absolute atomic E-state index is 13.1. The molecule has 0 aromatic heterocycles. The molecule has 1 nitrogen and oxygen atoms in total. The first-order valence-electron chi connectivity index (χ1n) is 6.45. The Bertz CT molecular complexity index is 421. The number of halogens is 4. The summed E-state index contributed by atoms with van der Waals surface area (Å²) in [6.45, 7) is 0. The van der Waals surface area contributed by atoms with E-state index in [2.05, 4.69) is 0 Å². The Hall–Kier alpha value is -0.380. The lowest BCUT2D eigenvalue weighted by molar-refractivity contribution is -0.0481. The van der Waals surface area contributed by atoms with Gasteiger partial charge in [0.15, 0.2) is 0 Å². The zero-order chi connectivity index (χ0) is 14.0. The van der Waals surface area contributed by atoms with Crippen LogP contribution >= 0.6 is 23.2 Å². The highest BCUT2D eigenvalue weighted by atomic mass is 35.5. The second-order valence-corrected chi connectivity index (χ2v) is 6.08. The number of alkyl halides is 2. The first kappa shape index (κ1) is 15.0. The van der Waals surface area contributed by atoms with Crippen molar-refractivity contribution in [2.24, 2.45) is 11.7 Å². The van der Waals surface area contributed by atoms with Gasteiger partial charge in [0.25, 0.3) is 0 Å². The van der Waals surface area contributed by atoms with Gasteiger partial charge in [-0.1, -0.05) is 29.3 Å². The van der Waals surface area contributed by atoms with Crippen LogP contribution in [0.1, 0.15) is 31.2 Å². The Balaban J connectivity index is 2.00. The summed E-state index contributed by atoms with van der Waals surface area (Å²) >= 11 is 12.2. The van der Waals surface area contributed by atoms with Crippen LogP contribution in [0.15, 0.2) is 18.2 Å². The molecule has 0 radical (unpaired) electrons. The molecule has 1 saturated carbocycles. The van der Waals surface area contributed by atoms with Crippen molar-refractivity contribution in [1.29, 1.82) is 0 Å². The zero-order valence-corrected chi connectivity index (χ0v) is 12.0. The highest BCUT2D eigenvalue weighted by Crippen LogP contribution is 2.38. The van der Waals surface area contributed by atoms with E-state index in [9.17, 15) is 8.78 Å².